The zero-order valence-electron chi connectivity index (χ0n) is 11.0. The predicted octanol–water partition coefficient (Wildman–Crippen LogP) is 4.84. The fourth-order valence-corrected chi connectivity index (χ4v) is 3.82. The summed E-state index contributed by atoms with van der Waals surface area (Å²) in [5.74, 6) is 2.31. The van der Waals surface area contributed by atoms with Crippen LogP contribution in [0.2, 0.25) is 0 Å². The zero-order chi connectivity index (χ0) is 13.5. The average molecular weight is 378 g/mol. The molecule has 3 heteroatoms. The van der Waals surface area contributed by atoms with E-state index >= 15 is 0 Å². The summed E-state index contributed by atoms with van der Waals surface area (Å²) < 4.78 is 13.5. The van der Waals surface area contributed by atoms with E-state index in [0.717, 1.165) is 22.3 Å². The Bertz CT molecular complexity index is 587. The molecule has 1 saturated heterocycles. The van der Waals surface area contributed by atoms with Crippen LogP contribution in [0.25, 0.3) is 0 Å². The Balaban J connectivity index is 1.89. The average Bonchev–Trinajstić information content (AvgIpc) is 2.87. The smallest absolute Gasteiger partial charge is 0.133 e. The lowest BCUT2D eigenvalue weighted by molar-refractivity contribution is 0.0549. The summed E-state index contributed by atoms with van der Waals surface area (Å²) in [6, 6.07) is 16.6. The molecule has 0 amide bonds. The summed E-state index contributed by atoms with van der Waals surface area (Å²) in [4.78, 5) is 0. The van der Waals surface area contributed by atoms with E-state index in [1.54, 1.807) is 0 Å². The lowest BCUT2D eigenvalue weighted by Crippen LogP contribution is -2.07. The first-order chi connectivity index (χ1) is 9.86. The van der Waals surface area contributed by atoms with Crippen LogP contribution in [0.1, 0.15) is 29.6 Å². The van der Waals surface area contributed by atoms with Crippen LogP contribution in [-0.4, -0.2) is 10.5 Å². The number of rotatable bonds is 1. The van der Waals surface area contributed by atoms with Crippen molar-refractivity contribution in [2.45, 2.75) is 24.5 Å². The largest absolute Gasteiger partial charge is 0.457 e. The highest BCUT2D eigenvalue weighted by Gasteiger charge is 2.41. The molecule has 0 saturated carbocycles. The maximum absolute atomic E-state index is 6.29. The molecule has 102 valence electrons. The molecule has 0 radical (unpaired) electrons. The second-order valence-corrected chi connectivity index (χ2v) is 6.23. The van der Waals surface area contributed by atoms with Gasteiger partial charge >= 0.3 is 0 Å². The van der Waals surface area contributed by atoms with Crippen LogP contribution < -0.4 is 4.74 Å². The lowest BCUT2D eigenvalue weighted by atomic mass is 9.88. The van der Waals surface area contributed by atoms with E-state index in [4.69, 9.17) is 9.47 Å². The molecule has 4 rings (SSSR count). The van der Waals surface area contributed by atoms with Gasteiger partial charge in [0.1, 0.15) is 11.5 Å². The van der Waals surface area contributed by atoms with Crippen LogP contribution in [0.5, 0.6) is 11.5 Å². The number of hydrogen-bond acceptors (Lipinski definition) is 2. The summed E-state index contributed by atoms with van der Waals surface area (Å²) in [7, 11) is 0. The van der Waals surface area contributed by atoms with E-state index in [0.29, 0.717) is 12.0 Å². The van der Waals surface area contributed by atoms with Crippen molar-refractivity contribution < 1.29 is 9.47 Å². The van der Waals surface area contributed by atoms with Gasteiger partial charge in [0.25, 0.3) is 0 Å². The molecule has 0 aliphatic carbocycles. The maximum Gasteiger partial charge on any atom is 0.133 e. The topological polar surface area (TPSA) is 18.5 Å². The number of hydrogen-bond donors (Lipinski definition) is 0. The second-order valence-electron chi connectivity index (χ2n) is 5.35. The van der Waals surface area contributed by atoms with Crippen LogP contribution in [0.4, 0.5) is 0 Å². The third-order valence-corrected chi connectivity index (χ3v) is 5.14. The third kappa shape index (κ3) is 1.95. The fraction of sp³-hybridized carbons (Fsp3) is 0.294. The zero-order valence-corrected chi connectivity index (χ0v) is 13.1. The monoisotopic (exact) mass is 378 g/mol. The Morgan fingerprint density at radius 1 is 0.950 bits per heavy atom. The molecule has 2 aromatic rings. The van der Waals surface area contributed by atoms with Gasteiger partial charge in [-0.1, -0.05) is 59.0 Å². The number of alkyl halides is 1. The predicted molar refractivity (Wildman–Crippen MR) is 86.8 cm³/mol. The van der Waals surface area contributed by atoms with Gasteiger partial charge in [-0.3, -0.25) is 0 Å². The summed E-state index contributed by atoms with van der Waals surface area (Å²) in [5.41, 5.74) is 2.46. The second kappa shape index (κ2) is 5.04. The highest BCUT2D eigenvalue weighted by Crippen LogP contribution is 2.52. The molecule has 0 bridgehead atoms. The summed E-state index contributed by atoms with van der Waals surface area (Å²) in [6.45, 7) is 0. The molecule has 3 atom stereocenters. The van der Waals surface area contributed by atoms with Crippen molar-refractivity contribution >= 4 is 22.6 Å². The van der Waals surface area contributed by atoms with Gasteiger partial charge in [-0.2, -0.15) is 0 Å². The number of halogens is 1. The standard InChI is InChI=1S/C17H15IO2/c18-10-11-9-14-12-5-1-3-7-15(12)20-16-8-4-2-6-13(16)17(14)19-11/h1-8,11,14,17H,9-10H2/t11-,14+,17+/m0/s1. The van der Waals surface area contributed by atoms with E-state index in [2.05, 4.69) is 52.9 Å². The number of benzene rings is 2. The Hall–Kier alpha value is -1.07. The van der Waals surface area contributed by atoms with Crippen LogP contribution in [0, 0.1) is 0 Å². The molecule has 0 aromatic heterocycles. The van der Waals surface area contributed by atoms with E-state index in [-0.39, 0.29) is 6.10 Å². The number of ether oxygens (including phenoxy) is 2. The SMILES string of the molecule is IC[C@@H]1C[C@@H]2c3ccccc3Oc3ccccc3[C@H]2O1. The van der Waals surface area contributed by atoms with Crippen molar-refractivity contribution in [2.24, 2.45) is 0 Å². The third-order valence-electron chi connectivity index (χ3n) is 4.16. The molecular weight excluding hydrogens is 363 g/mol. The first kappa shape index (κ1) is 12.7. The van der Waals surface area contributed by atoms with Crippen molar-refractivity contribution in [3.8, 4) is 11.5 Å². The minimum Gasteiger partial charge on any atom is -0.457 e. The molecule has 2 aliphatic heterocycles. The minimum atomic E-state index is 0.120. The van der Waals surface area contributed by atoms with Crippen molar-refractivity contribution in [1.29, 1.82) is 0 Å². The first-order valence-corrected chi connectivity index (χ1v) is 8.46. The van der Waals surface area contributed by atoms with E-state index in [9.17, 15) is 0 Å². The quantitative estimate of drug-likeness (QED) is 0.522. The minimum absolute atomic E-state index is 0.120. The molecule has 2 aromatic carbocycles. The molecule has 2 aliphatic rings. The summed E-state index contributed by atoms with van der Waals surface area (Å²) in [5, 5.41) is 0. The highest BCUT2D eigenvalue weighted by atomic mass is 127. The van der Waals surface area contributed by atoms with E-state index < -0.39 is 0 Å². The van der Waals surface area contributed by atoms with Gasteiger partial charge in [0.2, 0.25) is 0 Å². The molecule has 0 spiro atoms. The Morgan fingerprint density at radius 3 is 2.35 bits per heavy atom. The van der Waals surface area contributed by atoms with Crippen LogP contribution in [-0.2, 0) is 4.74 Å². The lowest BCUT2D eigenvalue weighted by Gasteiger charge is -2.17. The molecule has 20 heavy (non-hydrogen) atoms. The Morgan fingerprint density at radius 2 is 1.60 bits per heavy atom. The van der Waals surface area contributed by atoms with E-state index in [1.807, 2.05) is 18.2 Å². The number of fused-ring (bicyclic) bond motifs is 5. The molecule has 1 fully saturated rings. The maximum atomic E-state index is 6.29. The van der Waals surface area contributed by atoms with Gasteiger partial charge in [0, 0.05) is 21.5 Å². The molecule has 2 nitrogen and oxygen atoms in total. The molecule has 0 unspecified atom stereocenters. The Labute approximate surface area is 132 Å². The summed E-state index contributed by atoms with van der Waals surface area (Å²) in [6.07, 6.45) is 1.53. The van der Waals surface area contributed by atoms with Crippen molar-refractivity contribution in [2.75, 3.05) is 4.43 Å². The van der Waals surface area contributed by atoms with E-state index in [1.165, 1.54) is 11.1 Å². The normalized spacial score (nSPS) is 26.9. The fourth-order valence-electron chi connectivity index (χ4n) is 3.25. The summed E-state index contributed by atoms with van der Waals surface area (Å²) >= 11 is 2.42. The van der Waals surface area contributed by atoms with Crippen molar-refractivity contribution in [3.63, 3.8) is 0 Å². The van der Waals surface area contributed by atoms with Crippen LogP contribution in [0.3, 0.4) is 0 Å². The highest BCUT2D eigenvalue weighted by molar-refractivity contribution is 14.1. The van der Waals surface area contributed by atoms with Crippen LogP contribution in [0.15, 0.2) is 48.5 Å². The van der Waals surface area contributed by atoms with Crippen LogP contribution >= 0.6 is 22.6 Å². The van der Waals surface area contributed by atoms with Gasteiger partial charge in [0.15, 0.2) is 0 Å². The molecular formula is C17H15IO2. The van der Waals surface area contributed by atoms with Gasteiger partial charge in [-0.15, -0.1) is 0 Å². The first-order valence-electron chi connectivity index (χ1n) is 6.94. The number of para-hydroxylation sites is 2. The van der Waals surface area contributed by atoms with Gasteiger partial charge < -0.3 is 9.47 Å². The molecule has 2 heterocycles. The van der Waals surface area contributed by atoms with Crippen molar-refractivity contribution in [3.05, 3.63) is 59.7 Å². The van der Waals surface area contributed by atoms with Gasteiger partial charge in [-0.05, 0) is 18.6 Å². The molecule has 0 N–H and O–H groups in total. The van der Waals surface area contributed by atoms with Gasteiger partial charge in [-0.25, -0.2) is 0 Å². The Kier molecular flexibility index (Phi) is 3.19. The van der Waals surface area contributed by atoms with Gasteiger partial charge in [0.05, 0.1) is 12.2 Å². The van der Waals surface area contributed by atoms with Crippen molar-refractivity contribution in [1.82, 2.24) is 0 Å².